The molecule has 0 heterocycles. The predicted molar refractivity (Wildman–Crippen MR) is 92.2 cm³/mol. The first-order valence-electron chi connectivity index (χ1n) is 7.51. The molecule has 23 heavy (non-hydrogen) atoms. The number of halogens is 1. The first-order chi connectivity index (χ1) is 11.0. The maximum Gasteiger partial charge on any atom is 0.242 e. The standard InChI is InChI=1S/C18H20FNO2S/c1-3-20(16-10-5-4-6-11-16)18(21)14(2)23(22)13-15-9-7-8-12-17(15)19/h4-12,14H,3,13H2,1-2H3. The molecule has 0 bridgehead atoms. The van der Waals surface area contributed by atoms with Crippen LogP contribution in [0.15, 0.2) is 54.6 Å². The fourth-order valence-corrected chi connectivity index (χ4v) is 3.44. The summed E-state index contributed by atoms with van der Waals surface area (Å²) in [5.41, 5.74) is 1.14. The van der Waals surface area contributed by atoms with Crippen molar-refractivity contribution in [2.45, 2.75) is 24.9 Å². The summed E-state index contributed by atoms with van der Waals surface area (Å²) in [6.45, 7) is 3.99. The highest BCUT2D eigenvalue weighted by Gasteiger charge is 2.26. The largest absolute Gasteiger partial charge is 0.312 e. The second kappa shape index (κ2) is 8.02. The maximum absolute atomic E-state index is 13.7. The summed E-state index contributed by atoms with van der Waals surface area (Å²) < 4.78 is 26.1. The van der Waals surface area contributed by atoms with Crippen LogP contribution in [0.2, 0.25) is 0 Å². The van der Waals surface area contributed by atoms with E-state index in [1.54, 1.807) is 30.0 Å². The number of hydrogen-bond acceptors (Lipinski definition) is 2. The minimum atomic E-state index is -1.48. The second-order valence-electron chi connectivity index (χ2n) is 5.18. The van der Waals surface area contributed by atoms with Gasteiger partial charge in [0.25, 0.3) is 0 Å². The third kappa shape index (κ3) is 4.26. The molecule has 5 heteroatoms. The second-order valence-corrected chi connectivity index (χ2v) is 6.93. The highest BCUT2D eigenvalue weighted by molar-refractivity contribution is 7.85. The Bertz CT molecular complexity index is 690. The zero-order valence-corrected chi connectivity index (χ0v) is 14.1. The molecular formula is C18H20FNO2S. The molecule has 2 aromatic rings. The maximum atomic E-state index is 13.7. The molecule has 122 valence electrons. The average Bonchev–Trinajstić information content (AvgIpc) is 2.57. The Labute approximate surface area is 138 Å². The molecular weight excluding hydrogens is 313 g/mol. The van der Waals surface area contributed by atoms with Gasteiger partial charge in [0.05, 0.1) is 5.75 Å². The Morgan fingerprint density at radius 2 is 1.74 bits per heavy atom. The van der Waals surface area contributed by atoms with Gasteiger partial charge in [0, 0.05) is 28.6 Å². The van der Waals surface area contributed by atoms with Crippen molar-refractivity contribution in [3.8, 4) is 0 Å². The minimum Gasteiger partial charge on any atom is -0.312 e. The van der Waals surface area contributed by atoms with Crippen LogP contribution in [0.4, 0.5) is 10.1 Å². The van der Waals surface area contributed by atoms with Gasteiger partial charge >= 0.3 is 0 Å². The quantitative estimate of drug-likeness (QED) is 0.811. The smallest absolute Gasteiger partial charge is 0.242 e. The van der Waals surface area contributed by atoms with Crippen LogP contribution in [0, 0.1) is 5.82 Å². The van der Waals surface area contributed by atoms with Gasteiger partial charge in [-0.25, -0.2) is 4.39 Å². The van der Waals surface area contributed by atoms with Crippen molar-refractivity contribution < 1.29 is 13.4 Å². The van der Waals surface area contributed by atoms with Crippen LogP contribution >= 0.6 is 0 Å². The summed E-state index contributed by atoms with van der Waals surface area (Å²) in [7, 11) is -1.48. The SMILES string of the molecule is CCN(C(=O)C(C)S(=O)Cc1ccccc1F)c1ccccc1. The monoisotopic (exact) mass is 333 g/mol. The van der Waals surface area contributed by atoms with E-state index in [0.717, 1.165) is 5.69 Å². The molecule has 0 aliphatic carbocycles. The number of nitrogens with zero attached hydrogens (tertiary/aromatic N) is 1. The van der Waals surface area contributed by atoms with Crippen molar-refractivity contribution in [1.29, 1.82) is 0 Å². The Kier molecular flexibility index (Phi) is 6.04. The van der Waals surface area contributed by atoms with E-state index in [0.29, 0.717) is 12.1 Å². The Hall–Kier alpha value is -2.01. The summed E-state index contributed by atoms with van der Waals surface area (Å²) in [6.07, 6.45) is 0. The molecule has 0 N–H and O–H groups in total. The van der Waals surface area contributed by atoms with Crippen LogP contribution in [-0.2, 0) is 21.3 Å². The van der Waals surface area contributed by atoms with E-state index >= 15 is 0 Å². The van der Waals surface area contributed by atoms with Gasteiger partial charge in [0.15, 0.2) is 0 Å². The molecule has 0 aromatic heterocycles. The molecule has 0 radical (unpaired) electrons. The van der Waals surface area contributed by atoms with Crippen molar-refractivity contribution in [1.82, 2.24) is 0 Å². The lowest BCUT2D eigenvalue weighted by Gasteiger charge is -2.24. The van der Waals surface area contributed by atoms with Gasteiger partial charge in [-0.3, -0.25) is 9.00 Å². The van der Waals surface area contributed by atoms with Gasteiger partial charge in [0.1, 0.15) is 11.1 Å². The molecule has 1 amide bonds. The third-order valence-electron chi connectivity index (χ3n) is 3.65. The van der Waals surface area contributed by atoms with Crippen LogP contribution < -0.4 is 4.90 Å². The predicted octanol–water partition coefficient (Wildman–Crippen LogP) is 3.52. The fourth-order valence-electron chi connectivity index (χ4n) is 2.30. The topological polar surface area (TPSA) is 37.4 Å². The molecule has 0 saturated heterocycles. The van der Waals surface area contributed by atoms with Gasteiger partial charge in [-0.1, -0.05) is 36.4 Å². The molecule has 0 saturated carbocycles. The zero-order valence-electron chi connectivity index (χ0n) is 13.2. The highest BCUT2D eigenvalue weighted by Crippen LogP contribution is 2.18. The molecule has 0 aliphatic heterocycles. The number of rotatable bonds is 6. The van der Waals surface area contributed by atoms with E-state index in [1.807, 2.05) is 37.3 Å². The number of para-hydroxylation sites is 1. The van der Waals surface area contributed by atoms with Gasteiger partial charge < -0.3 is 4.90 Å². The fraction of sp³-hybridized carbons (Fsp3) is 0.278. The lowest BCUT2D eigenvalue weighted by atomic mass is 10.2. The van der Waals surface area contributed by atoms with E-state index in [9.17, 15) is 13.4 Å². The summed E-state index contributed by atoms with van der Waals surface area (Å²) in [4.78, 5) is 14.2. The average molecular weight is 333 g/mol. The lowest BCUT2D eigenvalue weighted by Crippen LogP contribution is -2.40. The van der Waals surface area contributed by atoms with Crippen molar-refractivity contribution in [2.75, 3.05) is 11.4 Å². The molecule has 0 aliphatic rings. The van der Waals surface area contributed by atoms with E-state index in [-0.39, 0.29) is 11.7 Å². The number of amides is 1. The summed E-state index contributed by atoms with van der Waals surface area (Å²) in [5, 5.41) is -0.699. The normalized spacial score (nSPS) is 13.3. The lowest BCUT2D eigenvalue weighted by molar-refractivity contribution is -0.117. The van der Waals surface area contributed by atoms with E-state index in [4.69, 9.17) is 0 Å². The number of benzene rings is 2. The van der Waals surface area contributed by atoms with Crippen molar-refractivity contribution in [3.05, 3.63) is 66.0 Å². The van der Waals surface area contributed by atoms with Crippen LogP contribution in [0.3, 0.4) is 0 Å². The minimum absolute atomic E-state index is 0.0337. The van der Waals surface area contributed by atoms with Crippen molar-refractivity contribution in [3.63, 3.8) is 0 Å². The van der Waals surface area contributed by atoms with Gasteiger partial charge in [-0.15, -0.1) is 0 Å². The van der Waals surface area contributed by atoms with Gasteiger partial charge in [-0.2, -0.15) is 0 Å². The molecule has 2 aromatic carbocycles. The number of carbonyl (C=O) groups excluding carboxylic acids is 1. The number of carbonyl (C=O) groups is 1. The zero-order chi connectivity index (χ0) is 16.8. The molecule has 3 nitrogen and oxygen atoms in total. The van der Waals surface area contributed by atoms with Crippen LogP contribution in [0.5, 0.6) is 0 Å². The first kappa shape index (κ1) is 17.3. The van der Waals surface area contributed by atoms with Crippen LogP contribution in [0.25, 0.3) is 0 Å². The molecule has 0 fully saturated rings. The first-order valence-corrected chi connectivity index (χ1v) is 8.89. The Morgan fingerprint density at radius 1 is 1.13 bits per heavy atom. The highest BCUT2D eigenvalue weighted by atomic mass is 32.2. The summed E-state index contributed by atoms with van der Waals surface area (Å²) >= 11 is 0. The molecule has 2 rings (SSSR count). The van der Waals surface area contributed by atoms with Crippen molar-refractivity contribution >= 4 is 22.4 Å². The van der Waals surface area contributed by atoms with Gasteiger partial charge in [0.2, 0.25) is 5.91 Å². The third-order valence-corrected chi connectivity index (χ3v) is 5.23. The Morgan fingerprint density at radius 3 is 2.35 bits per heavy atom. The van der Waals surface area contributed by atoms with Crippen LogP contribution in [-0.4, -0.2) is 21.9 Å². The van der Waals surface area contributed by atoms with E-state index < -0.39 is 21.9 Å². The summed E-state index contributed by atoms with van der Waals surface area (Å²) in [5.74, 6) is -0.573. The Balaban J connectivity index is 2.12. The van der Waals surface area contributed by atoms with E-state index in [1.165, 1.54) is 6.07 Å². The molecule has 2 unspecified atom stereocenters. The number of anilines is 1. The number of hydrogen-bond donors (Lipinski definition) is 0. The van der Waals surface area contributed by atoms with Crippen LogP contribution in [0.1, 0.15) is 19.4 Å². The van der Waals surface area contributed by atoms with Gasteiger partial charge in [-0.05, 0) is 32.0 Å². The van der Waals surface area contributed by atoms with Crippen molar-refractivity contribution in [2.24, 2.45) is 0 Å². The molecule has 2 atom stereocenters. The van der Waals surface area contributed by atoms with E-state index in [2.05, 4.69) is 0 Å². The summed E-state index contributed by atoms with van der Waals surface area (Å²) in [6, 6.07) is 15.5. The molecule has 0 spiro atoms.